The van der Waals surface area contributed by atoms with Crippen LogP contribution in [0.15, 0.2) is 29.3 Å². The lowest BCUT2D eigenvalue weighted by Gasteiger charge is -2.46. The zero-order valence-corrected chi connectivity index (χ0v) is 14.6. The van der Waals surface area contributed by atoms with Crippen molar-refractivity contribution in [3.8, 4) is 0 Å². The van der Waals surface area contributed by atoms with E-state index in [0.717, 1.165) is 43.0 Å². The molecule has 4 heteroatoms. The van der Waals surface area contributed by atoms with E-state index in [1.807, 2.05) is 0 Å². The third-order valence-electron chi connectivity index (χ3n) is 5.41. The van der Waals surface area contributed by atoms with Gasteiger partial charge in [-0.3, -0.25) is 0 Å². The van der Waals surface area contributed by atoms with Crippen LogP contribution in [-0.4, -0.2) is 41.8 Å². The van der Waals surface area contributed by atoms with Crippen molar-refractivity contribution in [2.75, 3.05) is 19.7 Å². The molecule has 126 valence electrons. The topological polar surface area (TPSA) is 53.9 Å². The van der Waals surface area contributed by atoms with Gasteiger partial charge in [0, 0.05) is 11.0 Å². The number of aliphatic imine (C=N–C) groups is 1. The largest absolute Gasteiger partial charge is 0.475 e. The van der Waals surface area contributed by atoms with Gasteiger partial charge < -0.3 is 15.2 Å². The Bertz CT molecular complexity index is 596. The predicted molar refractivity (Wildman–Crippen MR) is 93.1 cm³/mol. The van der Waals surface area contributed by atoms with E-state index in [4.69, 9.17) is 4.74 Å². The van der Waals surface area contributed by atoms with Crippen LogP contribution in [0.25, 0.3) is 0 Å². The third-order valence-corrected chi connectivity index (χ3v) is 5.41. The first kappa shape index (κ1) is 16.5. The minimum atomic E-state index is -0.664. The lowest BCUT2D eigenvalue weighted by Crippen LogP contribution is -2.54. The van der Waals surface area contributed by atoms with Crippen molar-refractivity contribution in [3.05, 3.63) is 35.4 Å². The molecule has 23 heavy (non-hydrogen) atoms. The molecule has 0 atom stereocenters. The minimum absolute atomic E-state index is 0.141. The quantitative estimate of drug-likeness (QED) is 0.901. The smallest absolute Gasteiger partial charge is 0.216 e. The summed E-state index contributed by atoms with van der Waals surface area (Å²) in [6, 6.07) is 8.32. The van der Waals surface area contributed by atoms with Gasteiger partial charge in [0.25, 0.3) is 0 Å². The third kappa shape index (κ3) is 3.02. The van der Waals surface area contributed by atoms with Crippen LogP contribution in [0.1, 0.15) is 51.7 Å². The summed E-state index contributed by atoms with van der Waals surface area (Å²) in [5, 5.41) is 14.4. The number of hydrogen-bond donors (Lipinski definition) is 2. The second-order valence-corrected chi connectivity index (χ2v) is 8.00. The Morgan fingerprint density at radius 1 is 1.13 bits per heavy atom. The molecule has 4 nitrogen and oxygen atoms in total. The van der Waals surface area contributed by atoms with Gasteiger partial charge in [0.05, 0.1) is 11.1 Å². The first-order chi connectivity index (χ1) is 10.7. The van der Waals surface area contributed by atoms with Crippen molar-refractivity contribution in [2.45, 2.75) is 57.1 Å². The van der Waals surface area contributed by atoms with Crippen LogP contribution in [0.3, 0.4) is 0 Å². The first-order valence-electron chi connectivity index (χ1n) is 8.50. The molecule has 0 aliphatic carbocycles. The van der Waals surface area contributed by atoms with Gasteiger partial charge in [0.15, 0.2) is 0 Å². The van der Waals surface area contributed by atoms with E-state index >= 15 is 0 Å². The summed E-state index contributed by atoms with van der Waals surface area (Å²) in [7, 11) is 0. The van der Waals surface area contributed by atoms with E-state index in [0.29, 0.717) is 6.61 Å². The molecule has 3 rings (SSSR count). The molecule has 1 aromatic rings. The standard InChI is InChI=1S/C19H28N2O2/c1-17(2)13-23-16(21-17)14-5-7-15(8-6-14)18(3,4)19(22)9-11-20-12-10-19/h5-8,20,22H,9-13H2,1-4H3. The summed E-state index contributed by atoms with van der Waals surface area (Å²) in [4.78, 5) is 4.62. The molecule has 0 bridgehead atoms. The fraction of sp³-hybridized carbons (Fsp3) is 0.632. The average Bonchev–Trinajstić information content (AvgIpc) is 2.88. The summed E-state index contributed by atoms with van der Waals surface area (Å²) >= 11 is 0. The van der Waals surface area contributed by atoms with E-state index in [2.05, 4.69) is 62.3 Å². The molecule has 0 unspecified atom stereocenters. The van der Waals surface area contributed by atoms with Crippen molar-refractivity contribution < 1.29 is 9.84 Å². The maximum Gasteiger partial charge on any atom is 0.216 e. The molecule has 2 N–H and O–H groups in total. The second-order valence-electron chi connectivity index (χ2n) is 8.00. The summed E-state index contributed by atoms with van der Waals surface area (Å²) < 4.78 is 5.71. The Morgan fingerprint density at radius 2 is 1.74 bits per heavy atom. The first-order valence-corrected chi connectivity index (χ1v) is 8.50. The molecule has 2 heterocycles. The number of nitrogens with one attached hydrogen (secondary N) is 1. The van der Waals surface area contributed by atoms with Crippen molar-refractivity contribution in [1.29, 1.82) is 0 Å². The van der Waals surface area contributed by atoms with Gasteiger partial charge in [-0.15, -0.1) is 0 Å². The maximum atomic E-state index is 11.1. The van der Waals surface area contributed by atoms with Crippen LogP contribution in [0.4, 0.5) is 0 Å². The van der Waals surface area contributed by atoms with Gasteiger partial charge in [-0.2, -0.15) is 0 Å². The lowest BCUT2D eigenvalue weighted by atomic mass is 9.66. The van der Waals surface area contributed by atoms with Crippen LogP contribution in [0.5, 0.6) is 0 Å². The zero-order valence-electron chi connectivity index (χ0n) is 14.6. The lowest BCUT2D eigenvalue weighted by molar-refractivity contribution is -0.0504. The van der Waals surface area contributed by atoms with E-state index in [9.17, 15) is 5.11 Å². The van der Waals surface area contributed by atoms with Crippen molar-refractivity contribution in [3.63, 3.8) is 0 Å². The number of ether oxygens (including phenoxy) is 1. The van der Waals surface area contributed by atoms with Gasteiger partial charge in [0.1, 0.15) is 6.61 Å². The number of nitrogens with zero attached hydrogens (tertiary/aromatic N) is 1. The highest BCUT2D eigenvalue weighted by molar-refractivity contribution is 5.95. The van der Waals surface area contributed by atoms with Crippen molar-refractivity contribution >= 4 is 5.90 Å². The summed E-state index contributed by atoms with van der Waals surface area (Å²) in [6.07, 6.45) is 1.57. The zero-order chi connectivity index (χ0) is 16.7. The summed E-state index contributed by atoms with van der Waals surface area (Å²) in [5.74, 6) is 0.722. The number of piperidine rings is 1. The van der Waals surface area contributed by atoms with E-state index in [-0.39, 0.29) is 11.0 Å². The SMILES string of the molecule is CC1(C)COC(c2ccc(C(C)(C)C3(O)CCNCC3)cc2)=N1. The second kappa shape index (κ2) is 5.60. The molecule has 0 saturated carbocycles. The van der Waals surface area contributed by atoms with Crippen LogP contribution in [0.2, 0.25) is 0 Å². The van der Waals surface area contributed by atoms with Gasteiger partial charge in [0.2, 0.25) is 5.90 Å². The molecule has 0 aromatic heterocycles. The van der Waals surface area contributed by atoms with Crippen LogP contribution in [-0.2, 0) is 10.2 Å². The molecule has 0 spiro atoms. The van der Waals surface area contributed by atoms with E-state index in [1.165, 1.54) is 0 Å². The highest BCUT2D eigenvalue weighted by atomic mass is 16.5. The molecule has 2 aliphatic rings. The number of aliphatic hydroxyl groups is 1. The van der Waals surface area contributed by atoms with Gasteiger partial charge in [-0.05, 0) is 57.5 Å². The van der Waals surface area contributed by atoms with Gasteiger partial charge in [-0.1, -0.05) is 26.0 Å². The highest BCUT2D eigenvalue weighted by Gasteiger charge is 2.45. The summed E-state index contributed by atoms with van der Waals surface area (Å²) in [5.41, 5.74) is 1.07. The molecule has 0 amide bonds. The monoisotopic (exact) mass is 316 g/mol. The molecule has 1 saturated heterocycles. The fourth-order valence-corrected chi connectivity index (χ4v) is 3.50. The van der Waals surface area contributed by atoms with E-state index in [1.54, 1.807) is 0 Å². The predicted octanol–water partition coefficient (Wildman–Crippen LogP) is 2.63. The van der Waals surface area contributed by atoms with Gasteiger partial charge in [-0.25, -0.2) is 4.99 Å². The highest BCUT2D eigenvalue weighted by Crippen LogP contribution is 2.40. The average molecular weight is 316 g/mol. The number of benzene rings is 1. The molecule has 1 fully saturated rings. The Hall–Kier alpha value is -1.39. The Morgan fingerprint density at radius 3 is 2.26 bits per heavy atom. The van der Waals surface area contributed by atoms with Crippen LogP contribution < -0.4 is 5.32 Å². The Balaban J connectivity index is 1.84. The molecule has 1 aromatic carbocycles. The Labute approximate surface area is 139 Å². The minimum Gasteiger partial charge on any atom is -0.475 e. The maximum absolute atomic E-state index is 11.1. The van der Waals surface area contributed by atoms with Gasteiger partial charge >= 0.3 is 0 Å². The Kier molecular flexibility index (Phi) is 4.01. The molecular formula is C19H28N2O2. The molecule has 2 aliphatic heterocycles. The fourth-order valence-electron chi connectivity index (χ4n) is 3.50. The summed E-state index contributed by atoms with van der Waals surface area (Å²) in [6.45, 7) is 10.8. The van der Waals surface area contributed by atoms with E-state index < -0.39 is 5.60 Å². The van der Waals surface area contributed by atoms with Crippen molar-refractivity contribution in [2.24, 2.45) is 4.99 Å². The normalized spacial score (nSPS) is 23.3. The molecular weight excluding hydrogens is 288 g/mol. The van der Waals surface area contributed by atoms with Crippen LogP contribution >= 0.6 is 0 Å². The number of rotatable bonds is 3. The molecule has 0 radical (unpaired) electrons. The number of hydrogen-bond acceptors (Lipinski definition) is 4. The van der Waals surface area contributed by atoms with Crippen molar-refractivity contribution in [1.82, 2.24) is 5.32 Å². The van der Waals surface area contributed by atoms with Crippen LogP contribution in [0, 0.1) is 0 Å².